The second-order valence-electron chi connectivity index (χ2n) is 11.8. The van der Waals surface area contributed by atoms with Crippen LogP contribution in [-0.4, -0.2) is 31.0 Å². The van der Waals surface area contributed by atoms with E-state index in [2.05, 4.69) is 51.9 Å². The van der Waals surface area contributed by atoms with Gasteiger partial charge in [-0.15, -0.1) is 5.10 Å². The Morgan fingerprint density at radius 3 is 2.42 bits per heavy atom. The SMILES string of the molecule is CCCCOc1ccc(-c2nn(-c3ccccc3)cc2/C=c2\sc3nc(-c4ccc(C(C)(C)C)cc4)nn3c2=O)c(C)c1. The third kappa shape index (κ3) is 5.88. The summed E-state index contributed by atoms with van der Waals surface area (Å²) in [5.74, 6) is 1.39. The highest BCUT2D eigenvalue weighted by molar-refractivity contribution is 7.15. The van der Waals surface area contributed by atoms with Crippen LogP contribution in [0.1, 0.15) is 57.2 Å². The van der Waals surface area contributed by atoms with Gasteiger partial charge in [-0.25, -0.2) is 4.68 Å². The standard InChI is InChI=1S/C35H35N5O2S/c1-6-7-19-42-28-17-18-29(23(2)20-28)31-25(22-39(37-31)27-11-9-8-10-12-27)21-30-33(41)40-34(43-30)36-32(38-40)24-13-15-26(16-14-24)35(3,4)5/h8-18,20-22H,6-7,19H2,1-5H3/b30-21-. The maximum Gasteiger partial charge on any atom is 0.291 e. The van der Waals surface area contributed by atoms with Crippen LogP contribution in [-0.2, 0) is 5.41 Å². The smallest absolute Gasteiger partial charge is 0.291 e. The molecule has 6 rings (SSSR count). The summed E-state index contributed by atoms with van der Waals surface area (Å²) in [6.45, 7) is 11.5. The summed E-state index contributed by atoms with van der Waals surface area (Å²) < 4.78 is 9.74. The first kappa shape index (κ1) is 28.6. The predicted octanol–water partition coefficient (Wildman–Crippen LogP) is 7.00. The lowest BCUT2D eigenvalue weighted by molar-refractivity contribution is 0.309. The van der Waals surface area contributed by atoms with Gasteiger partial charge in [0.25, 0.3) is 5.56 Å². The maximum absolute atomic E-state index is 13.5. The number of rotatable bonds is 8. The molecule has 0 aliphatic carbocycles. The van der Waals surface area contributed by atoms with Gasteiger partial charge in [-0.05, 0) is 66.3 Å². The molecule has 0 saturated carbocycles. The molecule has 6 aromatic rings. The summed E-state index contributed by atoms with van der Waals surface area (Å²) in [6, 6.07) is 24.3. The van der Waals surface area contributed by atoms with Crippen LogP contribution in [0.15, 0.2) is 83.8 Å². The Kier molecular flexibility index (Phi) is 7.71. The lowest BCUT2D eigenvalue weighted by Gasteiger charge is -2.18. The number of benzene rings is 3. The van der Waals surface area contributed by atoms with Crippen LogP contribution >= 0.6 is 11.3 Å². The third-order valence-electron chi connectivity index (χ3n) is 7.46. The average molecular weight is 590 g/mol. The van der Waals surface area contributed by atoms with Gasteiger partial charge in [0, 0.05) is 22.9 Å². The fourth-order valence-electron chi connectivity index (χ4n) is 4.96. The topological polar surface area (TPSA) is 74.3 Å². The zero-order valence-electron chi connectivity index (χ0n) is 25.2. The van der Waals surface area contributed by atoms with E-state index in [1.807, 2.05) is 77.6 Å². The second-order valence-corrected chi connectivity index (χ2v) is 12.8. The highest BCUT2D eigenvalue weighted by Crippen LogP contribution is 2.30. The molecule has 3 heterocycles. The van der Waals surface area contributed by atoms with E-state index in [0.29, 0.717) is 21.9 Å². The normalized spacial score (nSPS) is 12.3. The number of ether oxygens (including phenoxy) is 1. The van der Waals surface area contributed by atoms with Crippen LogP contribution in [0.25, 0.3) is 39.4 Å². The van der Waals surface area contributed by atoms with Crippen LogP contribution in [0, 0.1) is 6.92 Å². The fourth-order valence-corrected chi connectivity index (χ4v) is 5.86. The summed E-state index contributed by atoms with van der Waals surface area (Å²) >= 11 is 1.33. The number of para-hydroxylation sites is 1. The minimum atomic E-state index is -0.195. The highest BCUT2D eigenvalue weighted by Gasteiger charge is 2.18. The molecule has 7 nitrogen and oxygen atoms in total. The van der Waals surface area contributed by atoms with E-state index >= 15 is 0 Å². The number of hydrogen-bond acceptors (Lipinski definition) is 6. The highest BCUT2D eigenvalue weighted by atomic mass is 32.1. The average Bonchev–Trinajstić information content (AvgIpc) is 3.68. The minimum absolute atomic E-state index is 0.0591. The van der Waals surface area contributed by atoms with Gasteiger partial charge in [0.05, 0.1) is 16.8 Å². The van der Waals surface area contributed by atoms with Gasteiger partial charge in [-0.1, -0.05) is 87.9 Å². The molecule has 0 unspecified atom stereocenters. The van der Waals surface area contributed by atoms with Gasteiger partial charge in [0.1, 0.15) is 11.4 Å². The van der Waals surface area contributed by atoms with Crippen LogP contribution in [0.3, 0.4) is 0 Å². The molecule has 0 bridgehead atoms. The lowest BCUT2D eigenvalue weighted by Crippen LogP contribution is -2.23. The van der Waals surface area contributed by atoms with Crippen molar-refractivity contribution in [1.29, 1.82) is 0 Å². The molecule has 0 aliphatic rings. The Balaban J connectivity index is 1.40. The third-order valence-corrected chi connectivity index (χ3v) is 8.42. The van der Waals surface area contributed by atoms with Crippen molar-refractivity contribution in [2.24, 2.45) is 0 Å². The van der Waals surface area contributed by atoms with E-state index in [-0.39, 0.29) is 11.0 Å². The molecule has 0 fully saturated rings. The second kappa shape index (κ2) is 11.6. The molecule has 0 atom stereocenters. The first-order valence-electron chi connectivity index (χ1n) is 14.6. The van der Waals surface area contributed by atoms with E-state index in [4.69, 9.17) is 14.8 Å². The maximum atomic E-state index is 13.5. The monoisotopic (exact) mass is 589 g/mol. The van der Waals surface area contributed by atoms with Crippen molar-refractivity contribution >= 4 is 22.4 Å². The predicted molar refractivity (Wildman–Crippen MR) is 174 cm³/mol. The molecule has 0 amide bonds. The quantitative estimate of drug-likeness (QED) is 0.179. The summed E-state index contributed by atoms with van der Waals surface area (Å²) in [5, 5.41) is 9.54. The van der Waals surface area contributed by atoms with Crippen LogP contribution in [0.5, 0.6) is 5.75 Å². The molecule has 218 valence electrons. The molecule has 0 spiro atoms. The summed E-state index contributed by atoms with van der Waals surface area (Å²) in [5.41, 5.74) is 6.59. The van der Waals surface area contributed by atoms with E-state index in [9.17, 15) is 4.79 Å². The van der Waals surface area contributed by atoms with Crippen LogP contribution in [0.4, 0.5) is 0 Å². The van der Waals surface area contributed by atoms with Gasteiger partial charge in [0.15, 0.2) is 5.82 Å². The molecular weight excluding hydrogens is 554 g/mol. The number of aryl methyl sites for hydroxylation is 1. The fraction of sp³-hybridized carbons (Fsp3) is 0.257. The molecule has 3 aromatic heterocycles. The molecule has 3 aromatic carbocycles. The molecule has 0 N–H and O–H groups in total. The molecule has 0 aliphatic heterocycles. The van der Waals surface area contributed by atoms with Crippen molar-refractivity contribution in [2.75, 3.05) is 6.61 Å². The Morgan fingerprint density at radius 1 is 0.977 bits per heavy atom. The molecule has 43 heavy (non-hydrogen) atoms. The van der Waals surface area contributed by atoms with Gasteiger partial charge < -0.3 is 4.74 Å². The van der Waals surface area contributed by atoms with Gasteiger partial charge >= 0.3 is 0 Å². The molecule has 0 saturated heterocycles. The number of nitrogens with zero attached hydrogens (tertiary/aromatic N) is 5. The summed E-state index contributed by atoms with van der Waals surface area (Å²) in [6.07, 6.45) is 5.97. The Morgan fingerprint density at radius 2 is 1.74 bits per heavy atom. The number of unbranched alkanes of at least 4 members (excludes halogenated alkanes) is 1. The van der Waals surface area contributed by atoms with Crippen LogP contribution in [0.2, 0.25) is 0 Å². The van der Waals surface area contributed by atoms with E-state index in [1.165, 1.54) is 21.4 Å². The van der Waals surface area contributed by atoms with E-state index in [0.717, 1.165) is 52.2 Å². The number of thiazole rings is 1. The number of fused-ring (bicyclic) bond motifs is 1. The van der Waals surface area contributed by atoms with Gasteiger partial charge in [-0.2, -0.15) is 14.6 Å². The minimum Gasteiger partial charge on any atom is -0.494 e. The van der Waals surface area contributed by atoms with Gasteiger partial charge in [-0.3, -0.25) is 4.79 Å². The number of aromatic nitrogens is 5. The molecule has 0 radical (unpaired) electrons. The van der Waals surface area contributed by atoms with Crippen LogP contribution < -0.4 is 14.8 Å². The van der Waals surface area contributed by atoms with E-state index < -0.39 is 0 Å². The molecule has 8 heteroatoms. The Labute approximate surface area is 255 Å². The molecular formula is C35H35N5O2S. The Bertz CT molecular complexity index is 2000. The van der Waals surface area contributed by atoms with Crippen molar-refractivity contribution in [3.63, 3.8) is 0 Å². The summed E-state index contributed by atoms with van der Waals surface area (Å²) in [7, 11) is 0. The van der Waals surface area contributed by atoms with Crippen molar-refractivity contribution in [3.05, 3.63) is 111 Å². The largest absolute Gasteiger partial charge is 0.494 e. The van der Waals surface area contributed by atoms with Crippen molar-refractivity contribution in [3.8, 4) is 34.1 Å². The van der Waals surface area contributed by atoms with Crippen molar-refractivity contribution in [2.45, 2.75) is 52.9 Å². The van der Waals surface area contributed by atoms with E-state index in [1.54, 1.807) is 0 Å². The van der Waals surface area contributed by atoms with Crippen molar-refractivity contribution in [1.82, 2.24) is 24.4 Å². The zero-order valence-corrected chi connectivity index (χ0v) is 26.0. The lowest BCUT2D eigenvalue weighted by atomic mass is 9.87. The van der Waals surface area contributed by atoms with Crippen molar-refractivity contribution < 1.29 is 4.74 Å². The van der Waals surface area contributed by atoms with Gasteiger partial charge in [0.2, 0.25) is 4.96 Å². The summed E-state index contributed by atoms with van der Waals surface area (Å²) in [4.78, 5) is 18.8. The first-order chi connectivity index (χ1) is 20.7. The Hall–Kier alpha value is -4.56. The first-order valence-corrected chi connectivity index (χ1v) is 15.4. The number of hydrogen-bond donors (Lipinski definition) is 0. The zero-order chi connectivity index (χ0) is 30.1.